The highest BCUT2D eigenvalue weighted by Gasteiger charge is 2.38. The number of nitrogens with one attached hydrogen (secondary N) is 1. The van der Waals surface area contributed by atoms with Gasteiger partial charge in [-0.1, -0.05) is 63.2 Å². The predicted molar refractivity (Wildman–Crippen MR) is 129 cm³/mol. The maximum atomic E-state index is 13.1. The number of allylic oxidation sites excluding steroid dienone is 2. The van der Waals surface area contributed by atoms with E-state index in [0.29, 0.717) is 24.8 Å². The fourth-order valence-corrected chi connectivity index (χ4v) is 4.68. The Hall–Kier alpha value is -3.41. The molecular weight excluding hydrogens is 412 g/mol. The van der Waals surface area contributed by atoms with E-state index in [1.807, 2.05) is 35.9 Å². The number of nitrogens with zero attached hydrogens (tertiary/aromatic N) is 3. The second-order valence-electron chi connectivity index (χ2n) is 9.70. The molecule has 3 aromatic rings. The molecule has 6 heteroatoms. The number of para-hydroxylation sites is 1. The Labute approximate surface area is 194 Å². The van der Waals surface area contributed by atoms with Gasteiger partial charge in [-0.15, -0.1) is 5.10 Å². The van der Waals surface area contributed by atoms with Gasteiger partial charge in [0, 0.05) is 28.8 Å². The van der Waals surface area contributed by atoms with Gasteiger partial charge in [-0.2, -0.15) is 4.98 Å². The van der Waals surface area contributed by atoms with Gasteiger partial charge in [0.1, 0.15) is 11.8 Å². The summed E-state index contributed by atoms with van der Waals surface area (Å²) in [6, 6.07) is 16.0. The molecule has 1 aliphatic heterocycles. The molecular formula is C27H30N4O2. The summed E-state index contributed by atoms with van der Waals surface area (Å²) in [5, 5.41) is 8.31. The molecule has 1 N–H and O–H groups in total. The van der Waals surface area contributed by atoms with Gasteiger partial charge in [-0.25, -0.2) is 4.68 Å². The molecule has 0 saturated carbocycles. The monoisotopic (exact) mass is 442 g/mol. The normalized spacial score (nSPS) is 17.9. The summed E-state index contributed by atoms with van der Waals surface area (Å²) in [7, 11) is 0. The first-order chi connectivity index (χ1) is 15.9. The van der Waals surface area contributed by atoms with Crippen molar-refractivity contribution >= 4 is 11.7 Å². The smallest absolute Gasteiger partial charge is 0.226 e. The van der Waals surface area contributed by atoms with Crippen molar-refractivity contribution in [2.45, 2.75) is 58.4 Å². The molecule has 2 aromatic carbocycles. The number of fused-ring (bicyclic) bond motifs is 1. The van der Waals surface area contributed by atoms with Crippen LogP contribution in [0.5, 0.6) is 5.75 Å². The van der Waals surface area contributed by atoms with Crippen molar-refractivity contribution in [3.63, 3.8) is 0 Å². The summed E-state index contributed by atoms with van der Waals surface area (Å²) in [5.74, 6) is 2.24. The molecule has 33 heavy (non-hydrogen) atoms. The number of Topliss-reactive ketones (excluding diaryl/α,β-unsaturated/α-hetero) is 1. The van der Waals surface area contributed by atoms with Crippen molar-refractivity contribution in [1.82, 2.24) is 14.8 Å². The highest BCUT2D eigenvalue weighted by atomic mass is 16.5. The number of rotatable bonds is 4. The van der Waals surface area contributed by atoms with Crippen molar-refractivity contribution in [3.05, 3.63) is 70.9 Å². The lowest BCUT2D eigenvalue weighted by molar-refractivity contribution is -0.116. The standard InChI is InChI=1S/C27H30N4O2/c1-5-33-22-12-7-6-9-19(22)24-23-20(10-8-11-21(23)32)28-26-29-25(30-31(24)26)17-13-15-18(16-14-17)27(2,3)4/h6-7,9,12-16,24H,5,8,10-11H2,1-4H3,(H,28,29,30). The van der Waals surface area contributed by atoms with Crippen LogP contribution in [0.25, 0.3) is 11.4 Å². The van der Waals surface area contributed by atoms with E-state index in [1.54, 1.807) is 0 Å². The van der Waals surface area contributed by atoms with E-state index in [9.17, 15) is 4.79 Å². The minimum atomic E-state index is -0.359. The molecule has 2 heterocycles. The fraction of sp³-hybridized carbons (Fsp3) is 0.370. The average Bonchev–Trinajstić information content (AvgIpc) is 3.22. The molecule has 1 aliphatic carbocycles. The summed E-state index contributed by atoms with van der Waals surface area (Å²) in [6.07, 6.45) is 2.23. The van der Waals surface area contributed by atoms with Gasteiger partial charge in [0.05, 0.1) is 6.61 Å². The molecule has 0 fully saturated rings. The number of hydrogen-bond donors (Lipinski definition) is 1. The third-order valence-electron chi connectivity index (χ3n) is 6.39. The zero-order chi connectivity index (χ0) is 23.2. The lowest BCUT2D eigenvalue weighted by Crippen LogP contribution is -2.31. The molecule has 170 valence electrons. The predicted octanol–water partition coefficient (Wildman–Crippen LogP) is 5.66. The van der Waals surface area contributed by atoms with Gasteiger partial charge in [0.25, 0.3) is 0 Å². The van der Waals surface area contributed by atoms with Crippen LogP contribution in [-0.2, 0) is 10.2 Å². The Kier molecular flexibility index (Phi) is 5.31. The Morgan fingerprint density at radius 2 is 1.85 bits per heavy atom. The van der Waals surface area contributed by atoms with Crippen molar-refractivity contribution in [1.29, 1.82) is 0 Å². The van der Waals surface area contributed by atoms with Gasteiger partial charge in [-0.3, -0.25) is 4.79 Å². The van der Waals surface area contributed by atoms with E-state index in [-0.39, 0.29) is 17.2 Å². The first-order valence-corrected chi connectivity index (χ1v) is 11.7. The Morgan fingerprint density at radius 1 is 1.09 bits per heavy atom. The van der Waals surface area contributed by atoms with Gasteiger partial charge in [0.15, 0.2) is 11.6 Å². The molecule has 1 atom stereocenters. The van der Waals surface area contributed by atoms with Crippen LogP contribution in [0.3, 0.4) is 0 Å². The second kappa shape index (κ2) is 8.18. The summed E-state index contributed by atoms with van der Waals surface area (Å²) >= 11 is 0. The van der Waals surface area contributed by atoms with Crippen LogP contribution in [0, 0.1) is 0 Å². The molecule has 0 radical (unpaired) electrons. The molecule has 0 bridgehead atoms. The van der Waals surface area contributed by atoms with E-state index in [4.69, 9.17) is 14.8 Å². The zero-order valence-electron chi connectivity index (χ0n) is 19.7. The lowest BCUT2D eigenvalue weighted by Gasteiger charge is -2.32. The van der Waals surface area contributed by atoms with Crippen molar-refractivity contribution in [2.24, 2.45) is 0 Å². The quantitative estimate of drug-likeness (QED) is 0.564. The molecule has 0 spiro atoms. The van der Waals surface area contributed by atoms with Crippen LogP contribution in [0.2, 0.25) is 0 Å². The minimum Gasteiger partial charge on any atom is -0.494 e. The second-order valence-corrected chi connectivity index (χ2v) is 9.70. The molecule has 1 unspecified atom stereocenters. The number of benzene rings is 2. The fourth-order valence-electron chi connectivity index (χ4n) is 4.68. The lowest BCUT2D eigenvalue weighted by atomic mass is 9.85. The molecule has 2 aliphatic rings. The Balaban J connectivity index is 1.63. The van der Waals surface area contributed by atoms with Crippen molar-refractivity contribution in [3.8, 4) is 17.1 Å². The van der Waals surface area contributed by atoms with Gasteiger partial charge >= 0.3 is 0 Å². The maximum absolute atomic E-state index is 13.1. The van der Waals surface area contributed by atoms with E-state index in [0.717, 1.165) is 41.0 Å². The number of anilines is 1. The number of ether oxygens (including phenoxy) is 1. The van der Waals surface area contributed by atoms with Crippen molar-refractivity contribution < 1.29 is 9.53 Å². The molecule has 6 nitrogen and oxygen atoms in total. The van der Waals surface area contributed by atoms with Crippen LogP contribution in [-0.4, -0.2) is 27.2 Å². The maximum Gasteiger partial charge on any atom is 0.226 e. The molecule has 5 rings (SSSR count). The topological polar surface area (TPSA) is 69.0 Å². The highest BCUT2D eigenvalue weighted by molar-refractivity contribution is 5.99. The number of carbonyl (C=O) groups excluding carboxylic acids is 1. The zero-order valence-corrected chi connectivity index (χ0v) is 19.7. The van der Waals surface area contributed by atoms with Gasteiger partial charge < -0.3 is 10.1 Å². The average molecular weight is 443 g/mol. The molecule has 0 amide bonds. The van der Waals surface area contributed by atoms with E-state index in [2.05, 4.69) is 50.4 Å². The summed E-state index contributed by atoms with van der Waals surface area (Å²) < 4.78 is 7.79. The SMILES string of the molecule is CCOc1ccccc1C1C2=C(CCCC2=O)Nc2nc(-c3ccc(C(C)(C)C)cc3)nn21. The van der Waals surface area contributed by atoms with Crippen LogP contribution >= 0.6 is 0 Å². The van der Waals surface area contributed by atoms with Crippen LogP contribution < -0.4 is 10.1 Å². The van der Waals surface area contributed by atoms with Gasteiger partial charge in [0.2, 0.25) is 5.95 Å². The van der Waals surface area contributed by atoms with E-state index in [1.165, 1.54) is 5.56 Å². The third-order valence-corrected chi connectivity index (χ3v) is 6.39. The third kappa shape index (κ3) is 3.84. The molecule has 0 saturated heterocycles. The number of hydrogen-bond acceptors (Lipinski definition) is 5. The van der Waals surface area contributed by atoms with Crippen molar-refractivity contribution in [2.75, 3.05) is 11.9 Å². The first kappa shape index (κ1) is 21.4. The first-order valence-electron chi connectivity index (χ1n) is 11.7. The molecule has 1 aromatic heterocycles. The summed E-state index contributed by atoms with van der Waals surface area (Å²) in [4.78, 5) is 17.9. The summed E-state index contributed by atoms with van der Waals surface area (Å²) in [6.45, 7) is 9.13. The van der Waals surface area contributed by atoms with Gasteiger partial charge in [-0.05, 0) is 36.8 Å². The number of carbonyl (C=O) groups is 1. The van der Waals surface area contributed by atoms with Crippen LogP contribution in [0.15, 0.2) is 59.8 Å². The number of aromatic nitrogens is 3. The highest BCUT2D eigenvalue weighted by Crippen LogP contribution is 2.43. The number of ketones is 1. The Morgan fingerprint density at radius 3 is 2.58 bits per heavy atom. The largest absolute Gasteiger partial charge is 0.494 e. The Bertz CT molecular complexity index is 1230. The van der Waals surface area contributed by atoms with E-state index < -0.39 is 0 Å². The minimum absolute atomic E-state index is 0.0817. The summed E-state index contributed by atoms with van der Waals surface area (Å²) in [5.41, 5.74) is 4.97. The van der Waals surface area contributed by atoms with Crippen LogP contribution in [0.1, 0.15) is 64.1 Å². The van der Waals surface area contributed by atoms with Crippen LogP contribution in [0.4, 0.5) is 5.95 Å². The van der Waals surface area contributed by atoms with E-state index >= 15 is 0 Å².